The first kappa shape index (κ1) is 15.0. The van der Waals surface area contributed by atoms with Crippen molar-refractivity contribution in [3.05, 3.63) is 24.3 Å². The average Bonchev–Trinajstić information content (AvgIpc) is 2.51. The van der Waals surface area contributed by atoms with Crippen molar-refractivity contribution < 1.29 is 4.74 Å². The first-order valence-electron chi connectivity index (χ1n) is 7.92. The molecule has 116 valence electrons. The third-order valence-corrected chi connectivity index (χ3v) is 5.76. The van der Waals surface area contributed by atoms with Crippen molar-refractivity contribution in [1.82, 2.24) is 0 Å². The number of anilines is 2. The number of thioether (sulfide) groups is 1. The van der Waals surface area contributed by atoms with E-state index in [1.807, 2.05) is 0 Å². The molecule has 0 saturated carbocycles. The molecule has 1 aromatic rings. The molecule has 0 spiro atoms. The van der Waals surface area contributed by atoms with E-state index in [2.05, 4.69) is 60.1 Å². The van der Waals surface area contributed by atoms with Gasteiger partial charge in [-0.3, -0.25) is 0 Å². The molecule has 21 heavy (non-hydrogen) atoms. The van der Waals surface area contributed by atoms with Crippen molar-refractivity contribution in [2.24, 2.45) is 5.41 Å². The van der Waals surface area contributed by atoms with Gasteiger partial charge in [0.25, 0.3) is 0 Å². The van der Waals surface area contributed by atoms with Gasteiger partial charge in [-0.05, 0) is 41.9 Å². The Morgan fingerprint density at radius 2 is 1.90 bits per heavy atom. The quantitative estimate of drug-likeness (QED) is 0.924. The summed E-state index contributed by atoms with van der Waals surface area (Å²) in [6, 6.07) is 9.47. The second-order valence-corrected chi connectivity index (χ2v) is 7.81. The third-order valence-electron chi connectivity index (χ3n) is 4.70. The van der Waals surface area contributed by atoms with E-state index >= 15 is 0 Å². The highest BCUT2D eigenvalue weighted by molar-refractivity contribution is 7.99. The summed E-state index contributed by atoms with van der Waals surface area (Å²) in [6.45, 7) is 8.44. The molecule has 0 aromatic heterocycles. The van der Waals surface area contributed by atoms with Crippen molar-refractivity contribution in [2.75, 3.05) is 48.0 Å². The van der Waals surface area contributed by atoms with Crippen LogP contribution in [-0.2, 0) is 4.74 Å². The molecule has 3 nitrogen and oxygen atoms in total. The summed E-state index contributed by atoms with van der Waals surface area (Å²) in [6.07, 6.45) is 1.29. The Kier molecular flexibility index (Phi) is 4.65. The number of hydrogen-bond donors (Lipinski definition) is 1. The maximum absolute atomic E-state index is 5.41. The van der Waals surface area contributed by atoms with Crippen LogP contribution < -0.4 is 10.2 Å². The minimum atomic E-state index is 0.383. The number of hydrogen-bond acceptors (Lipinski definition) is 4. The highest BCUT2D eigenvalue weighted by atomic mass is 32.2. The van der Waals surface area contributed by atoms with Gasteiger partial charge in [-0.1, -0.05) is 13.8 Å². The van der Waals surface area contributed by atoms with Crippen molar-refractivity contribution in [1.29, 1.82) is 0 Å². The lowest BCUT2D eigenvalue weighted by atomic mass is 9.82. The Morgan fingerprint density at radius 1 is 1.19 bits per heavy atom. The Morgan fingerprint density at radius 3 is 2.57 bits per heavy atom. The van der Waals surface area contributed by atoms with Crippen molar-refractivity contribution in [3.8, 4) is 0 Å². The smallest absolute Gasteiger partial charge is 0.0642 e. The summed E-state index contributed by atoms with van der Waals surface area (Å²) >= 11 is 2.07. The fraction of sp³-hybridized carbons (Fsp3) is 0.647. The Bertz CT molecular complexity index is 454. The van der Waals surface area contributed by atoms with Gasteiger partial charge in [-0.15, -0.1) is 0 Å². The molecule has 1 N–H and O–H groups in total. The number of benzene rings is 1. The summed E-state index contributed by atoms with van der Waals surface area (Å²) in [5.41, 5.74) is 2.93. The molecule has 2 fully saturated rings. The Balaban J connectivity index is 1.63. The van der Waals surface area contributed by atoms with Crippen LogP contribution in [0.3, 0.4) is 0 Å². The van der Waals surface area contributed by atoms with Crippen molar-refractivity contribution >= 4 is 23.1 Å². The van der Waals surface area contributed by atoms with E-state index in [4.69, 9.17) is 4.74 Å². The molecule has 0 aliphatic carbocycles. The molecule has 0 radical (unpaired) electrons. The number of nitrogens with zero attached hydrogens (tertiary/aromatic N) is 1. The summed E-state index contributed by atoms with van der Waals surface area (Å²) in [5, 5.41) is 3.74. The van der Waals surface area contributed by atoms with Gasteiger partial charge in [0.05, 0.1) is 13.2 Å². The Labute approximate surface area is 132 Å². The second-order valence-electron chi connectivity index (χ2n) is 6.66. The maximum Gasteiger partial charge on any atom is 0.0642 e. The highest BCUT2D eigenvalue weighted by Gasteiger charge is 2.32. The number of ether oxygens (including phenoxy) is 1. The van der Waals surface area contributed by atoms with Gasteiger partial charge in [0.2, 0.25) is 0 Å². The van der Waals surface area contributed by atoms with Gasteiger partial charge in [0.15, 0.2) is 0 Å². The van der Waals surface area contributed by atoms with Crippen LogP contribution in [-0.4, -0.2) is 43.9 Å². The molecular formula is C17H26N2OS. The molecule has 1 atom stereocenters. The first-order valence-corrected chi connectivity index (χ1v) is 9.08. The summed E-state index contributed by atoms with van der Waals surface area (Å²) < 4.78 is 5.41. The number of rotatable bonds is 3. The van der Waals surface area contributed by atoms with E-state index < -0.39 is 0 Å². The molecule has 2 aliphatic rings. The molecule has 1 aromatic carbocycles. The molecule has 3 rings (SSSR count). The van der Waals surface area contributed by atoms with Crippen molar-refractivity contribution in [3.63, 3.8) is 0 Å². The largest absolute Gasteiger partial charge is 0.381 e. The first-order chi connectivity index (χ1) is 10.1. The SMILES string of the molecule is CC1(C)CCSCC1Nc1ccc(N2CCOCC2)cc1. The highest BCUT2D eigenvalue weighted by Crippen LogP contribution is 2.36. The lowest BCUT2D eigenvalue weighted by Crippen LogP contribution is -2.41. The zero-order valence-corrected chi connectivity index (χ0v) is 13.9. The van der Waals surface area contributed by atoms with E-state index in [0.29, 0.717) is 11.5 Å². The van der Waals surface area contributed by atoms with Gasteiger partial charge in [0, 0.05) is 36.3 Å². The molecule has 0 bridgehead atoms. The van der Waals surface area contributed by atoms with Crippen LogP contribution in [0.2, 0.25) is 0 Å². The van der Waals surface area contributed by atoms with E-state index in [1.54, 1.807) is 0 Å². The topological polar surface area (TPSA) is 24.5 Å². The van der Waals surface area contributed by atoms with E-state index in [9.17, 15) is 0 Å². The maximum atomic E-state index is 5.41. The van der Waals surface area contributed by atoms with Gasteiger partial charge < -0.3 is 15.0 Å². The van der Waals surface area contributed by atoms with Crippen LogP contribution in [0.4, 0.5) is 11.4 Å². The average molecular weight is 306 g/mol. The fourth-order valence-electron chi connectivity index (χ4n) is 2.96. The zero-order valence-electron chi connectivity index (χ0n) is 13.1. The number of morpholine rings is 1. The second kappa shape index (κ2) is 6.49. The standard InChI is InChI=1S/C17H26N2OS/c1-17(2)7-12-21-13-16(17)18-14-3-5-15(6-4-14)19-8-10-20-11-9-19/h3-6,16,18H,7-13H2,1-2H3. The molecule has 2 heterocycles. The van der Waals surface area contributed by atoms with Crippen LogP contribution in [0.15, 0.2) is 24.3 Å². The minimum absolute atomic E-state index is 0.383. The van der Waals surface area contributed by atoms with Crippen molar-refractivity contribution in [2.45, 2.75) is 26.3 Å². The molecule has 1 unspecified atom stereocenters. The van der Waals surface area contributed by atoms with Crippen LogP contribution in [0.25, 0.3) is 0 Å². The normalized spacial score (nSPS) is 25.6. The minimum Gasteiger partial charge on any atom is -0.381 e. The lowest BCUT2D eigenvalue weighted by Gasteiger charge is -2.39. The van der Waals surface area contributed by atoms with E-state index in [1.165, 1.54) is 29.3 Å². The van der Waals surface area contributed by atoms with Crippen LogP contribution in [0.1, 0.15) is 20.3 Å². The molecular weight excluding hydrogens is 280 g/mol. The van der Waals surface area contributed by atoms with Crippen LogP contribution in [0, 0.1) is 5.41 Å². The lowest BCUT2D eigenvalue weighted by molar-refractivity contribution is 0.122. The van der Waals surface area contributed by atoms with Crippen LogP contribution >= 0.6 is 11.8 Å². The Hall–Kier alpha value is -0.870. The van der Waals surface area contributed by atoms with Gasteiger partial charge >= 0.3 is 0 Å². The predicted molar refractivity (Wildman–Crippen MR) is 92.6 cm³/mol. The third kappa shape index (κ3) is 3.67. The summed E-state index contributed by atoms with van der Waals surface area (Å²) in [5.74, 6) is 2.50. The van der Waals surface area contributed by atoms with Gasteiger partial charge in [-0.2, -0.15) is 11.8 Å². The van der Waals surface area contributed by atoms with Crippen LogP contribution in [0.5, 0.6) is 0 Å². The van der Waals surface area contributed by atoms with E-state index in [0.717, 1.165) is 26.3 Å². The van der Waals surface area contributed by atoms with Gasteiger partial charge in [0.1, 0.15) is 0 Å². The molecule has 2 saturated heterocycles. The molecule has 0 amide bonds. The molecule has 4 heteroatoms. The van der Waals surface area contributed by atoms with E-state index in [-0.39, 0.29) is 0 Å². The molecule has 2 aliphatic heterocycles. The fourth-order valence-corrected chi connectivity index (χ4v) is 4.57. The predicted octanol–water partition coefficient (Wildman–Crippen LogP) is 3.47. The van der Waals surface area contributed by atoms with Gasteiger partial charge in [-0.25, -0.2) is 0 Å². The summed E-state index contributed by atoms with van der Waals surface area (Å²) in [7, 11) is 0. The summed E-state index contributed by atoms with van der Waals surface area (Å²) in [4.78, 5) is 2.40. The monoisotopic (exact) mass is 306 g/mol. The number of nitrogens with one attached hydrogen (secondary N) is 1. The zero-order chi connectivity index (χ0) is 14.7.